The fourth-order valence-electron chi connectivity index (χ4n) is 3.48. The van der Waals surface area contributed by atoms with Gasteiger partial charge in [-0.1, -0.05) is 0 Å². The summed E-state index contributed by atoms with van der Waals surface area (Å²) in [5.41, 5.74) is 0. The minimum absolute atomic E-state index is 0.785. The zero-order chi connectivity index (χ0) is 10.8. The van der Waals surface area contributed by atoms with Gasteiger partial charge in [-0.05, 0) is 44.6 Å². The number of nitrogens with zero attached hydrogens (tertiary/aromatic N) is 1. The van der Waals surface area contributed by atoms with Gasteiger partial charge in [-0.2, -0.15) is 0 Å². The molecule has 3 heterocycles. The molecule has 2 atom stereocenters. The summed E-state index contributed by atoms with van der Waals surface area (Å²) < 4.78 is 5.43. The van der Waals surface area contributed by atoms with Crippen LogP contribution in [0.25, 0.3) is 0 Å². The van der Waals surface area contributed by atoms with Crippen LogP contribution in [0.2, 0.25) is 0 Å². The summed E-state index contributed by atoms with van der Waals surface area (Å²) in [5, 5.41) is 3.75. The van der Waals surface area contributed by atoms with E-state index in [1.807, 2.05) is 0 Å². The summed E-state index contributed by atoms with van der Waals surface area (Å²) in [4.78, 5) is 2.70. The summed E-state index contributed by atoms with van der Waals surface area (Å²) >= 11 is 0. The van der Waals surface area contributed by atoms with Crippen molar-refractivity contribution in [2.75, 3.05) is 32.8 Å². The van der Waals surface area contributed by atoms with Crippen LogP contribution in [-0.2, 0) is 4.74 Å². The molecular formula is C13H24N2O. The highest BCUT2D eigenvalue weighted by Gasteiger charge is 2.30. The van der Waals surface area contributed by atoms with Gasteiger partial charge >= 0.3 is 0 Å². The number of nitrogens with one attached hydrogen (secondary N) is 1. The fourth-order valence-corrected chi connectivity index (χ4v) is 3.48. The van der Waals surface area contributed by atoms with Crippen LogP contribution < -0.4 is 5.32 Å². The molecule has 3 rings (SSSR count). The molecule has 3 fully saturated rings. The second kappa shape index (κ2) is 5.03. The predicted octanol–water partition coefficient (Wildman–Crippen LogP) is 1.24. The molecule has 3 aliphatic heterocycles. The van der Waals surface area contributed by atoms with E-state index in [0.717, 1.165) is 31.2 Å². The third kappa shape index (κ3) is 2.58. The van der Waals surface area contributed by atoms with Crippen molar-refractivity contribution in [3.05, 3.63) is 0 Å². The van der Waals surface area contributed by atoms with Crippen molar-refractivity contribution >= 4 is 0 Å². The van der Waals surface area contributed by atoms with Crippen molar-refractivity contribution in [2.24, 2.45) is 5.92 Å². The SMILES string of the molecule is C1CC(CN2CCC3CCC(C2)N3)CCO1. The number of hydrogen-bond donors (Lipinski definition) is 1. The average Bonchev–Trinajstić information content (AvgIpc) is 2.64. The molecule has 0 aromatic carbocycles. The van der Waals surface area contributed by atoms with Gasteiger partial charge in [0, 0.05) is 38.4 Å². The molecule has 0 radical (unpaired) electrons. The molecule has 16 heavy (non-hydrogen) atoms. The smallest absolute Gasteiger partial charge is 0.0469 e. The zero-order valence-electron chi connectivity index (χ0n) is 10.2. The van der Waals surface area contributed by atoms with E-state index in [2.05, 4.69) is 10.2 Å². The number of ether oxygens (including phenoxy) is 1. The number of hydrogen-bond acceptors (Lipinski definition) is 3. The van der Waals surface area contributed by atoms with Crippen LogP contribution in [0.1, 0.15) is 32.1 Å². The molecule has 0 aliphatic carbocycles. The van der Waals surface area contributed by atoms with Crippen LogP contribution in [0.4, 0.5) is 0 Å². The van der Waals surface area contributed by atoms with Crippen molar-refractivity contribution < 1.29 is 4.74 Å². The Morgan fingerprint density at radius 1 is 1.00 bits per heavy atom. The summed E-state index contributed by atoms with van der Waals surface area (Å²) in [7, 11) is 0. The first-order valence-electron chi connectivity index (χ1n) is 6.96. The van der Waals surface area contributed by atoms with E-state index in [0.29, 0.717) is 0 Å². The van der Waals surface area contributed by atoms with Gasteiger partial charge in [0.05, 0.1) is 0 Å². The van der Waals surface area contributed by atoms with E-state index in [9.17, 15) is 0 Å². The lowest BCUT2D eigenvalue weighted by Crippen LogP contribution is -2.39. The molecule has 3 heteroatoms. The van der Waals surface area contributed by atoms with Crippen LogP contribution in [0.3, 0.4) is 0 Å². The summed E-state index contributed by atoms with van der Waals surface area (Å²) in [5.74, 6) is 0.894. The van der Waals surface area contributed by atoms with Crippen LogP contribution in [0.15, 0.2) is 0 Å². The van der Waals surface area contributed by atoms with Crippen LogP contribution in [0, 0.1) is 5.92 Å². The third-order valence-corrected chi connectivity index (χ3v) is 4.46. The maximum atomic E-state index is 5.43. The lowest BCUT2D eigenvalue weighted by Gasteiger charge is -2.30. The largest absolute Gasteiger partial charge is 0.381 e. The van der Waals surface area contributed by atoms with Crippen molar-refractivity contribution in [1.82, 2.24) is 10.2 Å². The van der Waals surface area contributed by atoms with Crippen LogP contribution >= 0.6 is 0 Å². The normalized spacial score (nSPS) is 37.5. The molecule has 3 aliphatic rings. The molecule has 0 saturated carbocycles. The van der Waals surface area contributed by atoms with Gasteiger partial charge in [-0.3, -0.25) is 0 Å². The third-order valence-electron chi connectivity index (χ3n) is 4.46. The van der Waals surface area contributed by atoms with E-state index in [-0.39, 0.29) is 0 Å². The topological polar surface area (TPSA) is 24.5 Å². The number of likely N-dealkylation sites (tertiary alicyclic amines) is 1. The molecule has 3 nitrogen and oxygen atoms in total. The van der Waals surface area contributed by atoms with E-state index in [4.69, 9.17) is 4.74 Å². The fraction of sp³-hybridized carbons (Fsp3) is 1.00. The predicted molar refractivity (Wildman–Crippen MR) is 64.5 cm³/mol. The van der Waals surface area contributed by atoms with E-state index in [1.165, 1.54) is 51.7 Å². The highest BCUT2D eigenvalue weighted by molar-refractivity contribution is 4.90. The van der Waals surface area contributed by atoms with Crippen LogP contribution in [-0.4, -0.2) is 49.8 Å². The second-order valence-electron chi connectivity index (χ2n) is 5.74. The molecule has 2 bridgehead atoms. The van der Waals surface area contributed by atoms with Gasteiger partial charge < -0.3 is 15.0 Å². The molecule has 2 unspecified atom stereocenters. The lowest BCUT2D eigenvalue weighted by atomic mass is 9.98. The average molecular weight is 224 g/mol. The maximum Gasteiger partial charge on any atom is 0.0469 e. The Bertz CT molecular complexity index is 228. The molecule has 92 valence electrons. The summed E-state index contributed by atoms with van der Waals surface area (Å²) in [6.45, 7) is 5.89. The molecule has 0 amide bonds. The van der Waals surface area contributed by atoms with Gasteiger partial charge in [-0.25, -0.2) is 0 Å². The van der Waals surface area contributed by atoms with E-state index < -0.39 is 0 Å². The van der Waals surface area contributed by atoms with Crippen LogP contribution in [0.5, 0.6) is 0 Å². The minimum atomic E-state index is 0.785. The van der Waals surface area contributed by atoms with Gasteiger partial charge in [0.15, 0.2) is 0 Å². The Morgan fingerprint density at radius 3 is 2.69 bits per heavy atom. The molecule has 0 spiro atoms. The molecular weight excluding hydrogens is 200 g/mol. The first-order chi connectivity index (χ1) is 7.90. The Balaban J connectivity index is 1.50. The zero-order valence-corrected chi connectivity index (χ0v) is 10.2. The Labute approximate surface area is 98.5 Å². The summed E-state index contributed by atoms with van der Waals surface area (Å²) in [6.07, 6.45) is 6.72. The molecule has 3 saturated heterocycles. The van der Waals surface area contributed by atoms with Crippen molar-refractivity contribution in [3.63, 3.8) is 0 Å². The maximum absolute atomic E-state index is 5.43. The number of rotatable bonds is 2. The van der Waals surface area contributed by atoms with Gasteiger partial charge in [-0.15, -0.1) is 0 Å². The Hall–Kier alpha value is -0.120. The van der Waals surface area contributed by atoms with E-state index >= 15 is 0 Å². The van der Waals surface area contributed by atoms with Crippen molar-refractivity contribution in [2.45, 2.75) is 44.2 Å². The van der Waals surface area contributed by atoms with Gasteiger partial charge in [0.2, 0.25) is 0 Å². The Morgan fingerprint density at radius 2 is 1.81 bits per heavy atom. The standard InChI is InChI=1S/C13H24N2O/c1-2-13-10-15(6-3-12(1)14-13)9-11-4-7-16-8-5-11/h11-14H,1-10H2. The van der Waals surface area contributed by atoms with Crippen molar-refractivity contribution in [3.8, 4) is 0 Å². The highest BCUT2D eigenvalue weighted by atomic mass is 16.5. The van der Waals surface area contributed by atoms with Crippen molar-refractivity contribution in [1.29, 1.82) is 0 Å². The molecule has 0 aromatic heterocycles. The lowest BCUT2D eigenvalue weighted by molar-refractivity contribution is 0.0519. The van der Waals surface area contributed by atoms with Gasteiger partial charge in [0.25, 0.3) is 0 Å². The second-order valence-corrected chi connectivity index (χ2v) is 5.74. The molecule has 1 N–H and O–H groups in total. The summed E-state index contributed by atoms with van der Waals surface area (Å²) in [6, 6.07) is 1.61. The minimum Gasteiger partial charge on any atom is -0.381 e. The highest BCUT2D eigenvalue weighted by Crippen LogP contribution is 2.23. The monoisotopic (exact) mass is 224 g/mol. The first-order valence-corrected chi connectivity index (χ1v) is 6.96. The first kappa shape index (κ1) is 11.0. The Kier molecular flexibility index (Phi) is 3.46. The molecule has 0 aromatic rings. The van der Waals surface area contributed by atoms with E-state index in [1.54, 1.807) is 0 Å². The van der Waals surface area contributed by atoms with Gasteiger partial charge in [0.1, 0.15) is 0 Å². The number of fused-ring (bicyclic) bond motifs is 2. The quantitative estimate of drug-likeness (QED) is 0.764.